The normalized spacial score (nSPS) is 14.6. The fourth-order valence-electron chi connectivity index (χ4n) is 1.66. The molecule has 1 amide bonds. The lowest BCUT2D eigenvalue weighted by molar-refractivity contribution is 0.0728. The number of hydrogen-bond donors (Lipinski definition) is 1. The Labute approximate surface area is 117 Å². The number of carbonyl (C=O) groups excluding carboxylic acids is 1. The van der Waals surface area contributed by atoms with Crippen LogP contribution >= 0.6 is 15.9 Å². The second-order valence-corrected chi connectivity index (χ2v) is 5.66. The Morgan fingerprint density at radius 1 is 1.39 bits per heavy atom. The van der Waals surface area contributed by atoms with Gasteiger partial charge in [0.15, 0.2) is 0 Å². The molecule has 0 spiro atoms. The third-order valence-corrected chi connectivity index (χ3v) is 3.47. The Balaban J connectivity index is 2.84. The zero-order valence-corrected chi connectivity index (χ0v) is 13.1. The number of aromatic nitrogens is 1. The van der Waals surface area contributed by atoms with Crippen LogP contribution in [0.4, 0.5) is 0 Å². The summed E-state index contributed by atoms with van der Waals surface area (Å²) in [4.78, 5) is 12.2. The quantitative estimate of drug-likeness (QED) is 0.907. The van der Waals surface area contributed by atoms with Crippen molar-refractivity contribution >= 4 is 21.8 Å². The van der Waals surface area contributed by atoms with Gasteiger partial charge in [-0.1, -0.05) is 0 Å². The summed E-state index contributed by atoms with van der Waals surface area (Å²) in [6, 6.07) is 2.04. The van der Waals surface area contributed by atoms with Gasteiger partial charge in [-0.25, -0.2) is 0 Å². The molecule has 0 aliphatic carbocycles. The minimum absolute atomic E-state index is 0.0140. The van der Waals surface area contributed by atoms with Gasteiger partial charge in [0, 0.05) is 23.8 Å². The van der Waals surface area contributed by atoms with Gasteiger partial charge in [0.2, 0.25) is 0 Å². The Morgan fingerprint density at radius 3 is 2.50 bits per heavy atom. The number of nitrogens with zero attached hydrogens (tertiary/aromatic N) is 1. The maximum Gasteiger partial charge on any atom is 0.268 e. The molecule has 4 nitrogen and oxygen atoms in total. The van der Waals surface area contributed by atoms with Gasteiger partial charge in [-0.2, -0.15) is 0 Å². The highest BCUT2D eigenvalue weighted by molar-refractivity contribution is 9.10. The van der Waals surface area contributed by atoms with Gasteiger partial charge >= 0.3 is 0 Å². The first-order chi connectivity index (χ1) is 8.36. The molecule has 5 heteroatoms. The number of nitrogens with one attached hydrogen (secondary N) is 1. The molecule has 0 aromatic carbocycles. The van der Waals surface area contributed by atoms with Crippen molar-refractivity contribution in [2.45, 2.75) is 45.9 Å². The van der Waals surface area contributed by atoms with E-state index in [9.17, 15) is 4.79 Å². The smallest absolute Gasteiger partial charge is 0.268 e. The fourth-order valence-corrected chi connectivity index (χ4v) is 2.09. The predicted octanol–water partition coefficient (Wildman–Crippen LogP) is 2.98. The molecule has 1 rings (SSSR count). The van der Waals surface area contributed by atoms with Crippen molar-refractivity contribution in [1.29, 1.82) is 0 Å². The summed E-state index contributed by atoms with van der Waals surface area (Å²) in [7, 11) is 1.64. The van der Waals surface area contributed by atoms with Crippen molar-refractivity contribution in [3.8, 4) is 0 Å². The summed E-state index contributed by atoms with van der Waals surface area (Å²) in [6.07, 6.45) is 1.91. The van der Waals surface area contributed by atoms with E-state index in [-0.39, 0.29) is 24.1 Å². The zero-order chi connectivity index (χ0) is 13.9. The molecular formula is C13H21BrN2O2. The first kappa shape index (κ1) is 15.2. The van der Waals surface area contributed by atoms with Gasteiger partial charge in [0.25, 0.3) is 5.91 Å². The number of halogens is 1. The number of rotatable bonds is 5. The lowest BCUT2D eigenvalue weighted by atomic mass is 10.2. The van der Waals surface area contributed by atoms with Gasteiger partial charge in [0.05, 0.1) is 12.1 Å². The molecule has 0 saturated heterocycles. The molecule has 18 heavy (non-hydrogen) atoms. The summed E-state index contributed by atoms with van der Waals surface area (Å²) < 4.78 is 8.06. The van der Waals surface area contributed by atoms with Crippen molar-refractivity contribution in [1.82, 2.24) is 9.88 Å². The first-order valence-electron chi connectivity index (χ1n) is 6.07. The number of ether oxygens (including phenoxy) is 1. The molecule has 0 bridgehead atoms. The van der Waals surface area contributed by atoms with E-state index in [4.69, 9.17) is 4.74 Å². The largest absolute Gasteiger partial charge is 0.380 e. The lowest BCUT2D eigenvalue weighted by Gasteiger charge is -2.21. The van der Waals surface area contributed by atoms with Crippen molar-refractivity contribution < 1.29 is 9.53 Å². The summed E-state index contributed by atoms with van der Waals surface area (Å²) in [6.45, 7) is 7.96. The Morgan fingerprint density at radius 2 is 2.00 bits per heavy atom. The van der Waals surface area contributed by atoms with Crippen molar-refractivity contribution in [2.75, 3.05) is 7.11 Å². The molecule has 1 aromatic rings. The SMILES string of the molecule is COC(C)[C@H](C)NC(=O)c1cc(Br)cn1C(C)C. The molecule has 1 unspecified atom stereocenters. The molecule has 0 aliphatic rings. The van der Waals surface area contributed by atoms with Crippen LogP contribution in [0.25, 0.3) is 0 Å². The molecule has 102 valence electrons. The van der Waals surface area contributed by atoms with Crippen LogP contribution in [0.3, 0.4) is 0 Å². The van der Waals surface area contributed by atoms with Crippen molar-refractivity contribution in [3.63, 3.8) is 0 Å². The van der Waals surface area contributed by atoms with E-state index in [1.54, 1.807) is 7.11 Å². The van der Waals surface area contributed by atoms with Crippen LogP contribution < -0.4 is 5.32 Å². The minimum atomic E-state index is -0.0780. The molecule has 0 saturated carbocycles. The van der Waals surface area contributed by atoms with E-state index >= 15 is 0 Å². The highest BCUT2D eigenvalue weighted by Crippen LogP contribution is 2.19. The highest BCUT2D eigenvalue weighted by Gasteiger charge is 2.19. The Bertz CT molecular complexity index is 415. The van der Waals surface area contributed by atoms with E-state index in [2.05, 4.69) is 21.2 Å². The molecule has 1 N–H and O–H groups in total. The van der Waals surface area contributed by atoms with E-state index in [1.807, 2.05) is 44.5 Å². The number of hydrogen-bond acceptors (Lipinski definition) is 2. The van der Waals surface area contributed by atoms with Crippen LogP contribution in [-0.2, 0) is 4.74 Å². The van der Waals surface area contributed by atoms with Gasteiger partial charge < -0.3 is 14.6 Å². The van der Waals surface area contributed by atoms with Gasteiger partial charge in [-0.15, -0.1) is 0 Å². The summed E-state index contributed by atoms with van der Waals surface area (Å²) in [5, 5.41) is 2.95. The third-order valence-electron chi connectivity index (χ3n) is 3.04. The monoisotopic (exact) mass is 316 g/mol. The first-order valence-corrected chi connectivity index (χ1v) is 6.87. The van der Waals surface area contributed by atoms with Crippen LogP contribution in [0.1, 0.15) is 44.2 Å². The average Bonchev–Trinajstić information content (AvgIpc) is 2.70. The maximum absolute atomic E-state index is 12.2. The van der Waals surface area contributed by atoms with Crippen LogP contribution in [0.15, 0.2) is 16.7 Å². The number of methoxy groups -OCH3 is 1. The van der Waals surface area contributed by atoms with Gasteiger partial charge in [0.1, 0.15) is 5.69 Å². The zero-order valence-electron chi connectivity index (χ0n) is 11.5. The van der Waals surface area contributed by atoms with Crippen LogP contribution in [0.5, 0.6) is 0 Å². The highest BCUT2D eigenvalue weighted by atomic mass is 79.9. The second kappa shape index (κ2) is 6.38. The van der Waals surface area contributed by atoms with Crippen LogP contribution in [-0.4, -0.2) is 29.7 Å². The molecule has 0 radical (unpaired) electrons. The average molecular weight is 317 g/mol. The van der Waals surface area contributed by atoms with Gasteiger partial charge in [-0.05, 0) is 49.7 Å². The lowest BCUT2D eigenvalue weighted by Crippen LogP contribution is -2.41. The molecule has 1 heterocycles. The van der Waals surface area contributed by atoms with E-state index in [0.29, 0.717) is 5.69 Å². The van der Waals surface area contributed by atoms with E-state index in [1.165, 1.54) is 0 Å². The standard InChI is InChI=1S/C13H21BrN2O2/c1-8(2)16-7-11(14)6-12(16)13(17)15-9(3)10(4)18-5/h6-10H,1-5H3,(H,15,17)/t9-,10?/m0/s1. The van der Waals surface area contributed by atoms with Crippen molar-refractivity contribution in [2.24, 2.45) is 0 Å². The molecule has 2 atom stereocenters. The molecule has 0 fully saturated rings. The topological polar surface area (TPSA) is 43.3 Å². The molecular weight excluding hydrogens is 296 g/mol. The predicted molar refractivity (Wildman–Crippen MR) is 75.9 cm³/mol. The molecule has 0 aliphatic heterocycles. The number of amides is 1. The second-order valence-electron chi connectivity index (χ2n) is 4.75. The van der Waals surface area contributed by atoms with Crippen LogP contribution in [0.2, 0.25) is 0 Å². The summed E-state index contributed by atoms with van der Waals surface area (Å²) in [5.74, 6) is -0.0780. The third kappa shape index (κ3) is 3.59. The fraction of sp³-hybridized carbons (Fsp3) is 0.615. The summed E-state index contributed by atoms with van der Waals surface area (Å²) in [5.41, 5.74) is 0.659. The summed E-state index contributed by atoms with van der Waals surface area (Å²) >= 11 is 3.40. The van der Waals surface area contributed by atoms with E-state index < -0.39 is 0 Å². The Kier molecular flexibility index (Phi) is 5.41. The maximum atomic E-state index is 12.2. The van der Waals surface area contributed by atoms with Crippen molar-refractivity contribution in [3.05, 3.63) is 22.4 Å². The van der Waals surface area contributed by atoms with E-state index in [0.717, 1.165) is 4.47 Å². The molecule has 1 aromatic heterocycles. The van der Waals surface area contributed by atoms with Crippen LogP contribution in [0, 0.1) is 0 Å². The van der Waals surface area contributed by atoms with Gasteiger partial charge in [-0.3, -0.25) is 4.79 Å². The minimum Gasteiger partial charge on any atom is -0.380 e. The Hall–Kier alpha value is -0.810. The number of carbonyl (C=O) groups is 1.